The van der Waals surface area contributed by atoms with Gasteiger partial charge >= 0.3 is 5.97 Å². The summed E-state index contributed by atoms with van der Waals surface area (Å²) in [7, 11) is 0. The fourth-order valence-electron chi connectivity index (χ4n) is 0.405. The number of carboxylic acids is 1. The molecule has 0 bridgehead atoms. The highest BCUT2D eigenvalue weighted by atomic mass is 16.4. The van der Waals surface area contributed by atoms with Crippen LogP contribution in [0.2, 0.25) is 0 Å². The Morgan fingerprint density at radius 1 is 1.80 bits per heavy atom. The first-order valence-electron chi connectivity index (χ1n) is 2.78. The topological polar surface area (TPSA) is 92.6 Å². The van der Waals surface area contributed by atoms with Crippen molar-refractivity contribution in [3.63, 3.8) is 0 Å². The Labute approximate surface area is 59.4 Å². The molecule has 0 aromatic heterocycles. The normalized spacial score (nSPS) is 10.8. The molecule has 0 spiro atoms. The van der Waals surface area contributed by atoms with E-state index in [1.807, 2.05) is 6.07 Å². The minimum Gasteiger partial charge on any atom is -0.481 e. The monoisotopic (exact) mass is 145 g/mol. The fourth-order valence-corrected chi connectivity index (χ4v) is 0.405. The second-order valence-electron chi connectivity index (χ2n) is 1.96. The third kappa shape index (κ3) is 6.92. The molecule has 58 valence electrons. The van der Waals surface area contributed by atoms with Crippen LogP contribution in [0.1, 0.15) is 19.8 Å². The van der Waals surface area contributed by atoms with Crippen molar-refractivity contribution in [2.45, 2.75) is 19.8 Å². The van der Waals surface area contributed by atoms with Gasteiger partial charge in [-0.2, -0.15) is 5.26 Å². The molecule has 0 aliphatic rings. The molecule has 0 aromatic rings. The molecule has 4 nitrogen and oxygen atoms in total. The molecule has 0 aliphatic carbocycles. The highest BCUT2D eigenvalue weighted by molar-refractivity contribution is 5.66. The van der Waals surface area contributed by atoms with Gasteiger partial charge in [0.25, 0.3) is 0 Å². The summed E-state index contributed by atoms with van der Waals surface area (Å²) >= 11 is 0. The van der Waals surface area contributed by atoms with Crippen LogP contribution in [0.5, 0.6) is 0 Å². The summed E-state index contributed by atoms with van der Waals surface area (Å²) in [5, 5.41) is 16.4. The maximum absolute atomic E-state index is 9.91. The summed E-state index contributed by atoms with van der Waals surface area (Å²) in [6, 6.07) is 1.96. The number of hydrogen-bond acceptors (Lipinski definition) is 2. The van der Waals surface area contributed by atoms with Gasteiger partial charge in [0.1, 0.15) is 0 Å². The van der Waals surface area contributed by atoms with Gasteiger partial charge in [0.2, 0.25) is 0 Å². The van der Waals surface area contributed by atoms with Crippen molar-refractivity contribution in [3.8, 4) is 6.07 Å². The van der Waals surface area contributed by atoms with Crippen molar-refractivity contribution in [2.75, 3.05) is 0 Å². The first kappa shape index (κ1) is 11.7. The van der Waals surface area contributed by atoms with Crippen LogP contribution in [0.4, 0.5) is 0 Å². The van der Waals surface area contributed by atoms with Gasteiger partial charge in [-0.25, -0.2) is 0 Å². The van der Waals surface area contributed by atoms with Crippen molar-refractivity contribution in [3.05, 3.63) is 0 Å². The molecule has 0 saturated carbocycles. The fraction of sp³-hybridized carbons (Fsp3) is 0.667. The number of rotatable bonds is 3. The average Bonchev–Trinajstić information content (AvgIpc) is 1.83. The van der Waals surface area contributed by atoms with Crippen molar-refractivity contribution in [1.29, 1.82) is 5.26 Å². The lowest BCUT2D eigenvalue weighted by atomic mass is 10.1. The van der Waals surface area contributed by atoms with E-state index in [-0.39, 0.29) is 17.8 Å². The second-order valence-corrected chi connectivity index (χ2v) is 1.96. The van der Waals surface area contributed by atoms with Crippen LogP contribution in [-0.4, -0.2) is 16.6 Å². The number of nitrogens with zero attached hydrogens (tertiary/aromatic N) is 1. The van der Waals surface area contributed by atoms with Crippen LogP contribution in [0.25, 0.3) is 0 Å². The number of nitriles is 1. The molecule has 0 aliphatic heterocycles. The lowest BCUT2D eigenvalue weighted by Crippen LogP contribution is -1.98. The molecule has 0 amide bonds. The van der Waals surface area contributed by atoms with Gasteiger partial charge in [-0.1, -0.05) is 0 Å². The minimum absolute atomic E-state index is 0. The quantitative estimate of drug-likeness (QED) is 0.614. The first-order chi connectivity index (χ1) is 4.16. The average molecular weight is 145 g/mol. The van der Waals surface area contributed by atoms with E-state index in [1.165, 1.54) is 0 Å². The zero-order valence-electron chi connectivity index (χ0n) is 5.79. The summed E-state index contributed by atoms with van der Waals surface area (Å²) in [6.45, 7) is 1.71. The minimum atomic E-state index is -0.836. The van der Waals surface area contributed by atoms with Crippen LogP contribution < -0.4 is 0 Å². The van der Waals surface area contributed by atoms with Crippen LogP contribution in [0.15, 0.2) is 0 Å². The summed E-state index contributed by atoms with van der Waals surface area (Å²) in [5.74, 6) is -0.974. The third-order valence-electron chi connectivity index (χ3n) is 1.01. The number of aliphatic carboxylic acids is 1. The molecule has 10 heavy (non-hydrogen) atoms. The predicted octanol–water partition coefficient (Wildman–Crippen LogP) is 0.186. The molecule has 0 radical (unpaired) electrons. The van der Waals surface area contributed by atoms with E-state index in [4.69, 9.17) is 10.4 Å². The largest absolute Gasteiger partial charge is 0.481 e. The van der Waals surface area contributed by atoms with Crippen molar-refractivity contribution >= 4 is 5.97 Å². The summed E-state index contributed by atoms with van der Waals surface area (Å²) in [6.07, 6.45) is 0.542. The van der Waals surface area contributed by atoms with Gasteiger partial charge in [0.15, 0.2) is 0 Å². The van der Waals surface area contributed by atoms with E-state index in [0.717, 1.165) is 0 Å². The number of carboxylic acid groups (broad SMARTS) is 1. The molecule has 1 atom stereocenters. The summed E-state index contributed by atoms with van der Waals surface area (Å²) < 4.78 is 0. The molecule has 0 saturated heterocycles. The second kappa shape index (κ2) is 6.05. The highest BCUT2D eigenvalue weighted by Crippen LogP contribution is 2.02. The van der Waals surface area contributed by atoms with E-state index in [0.29, 0.717) is 6.42 Å². The van der Waals surface area contributed by atoms with E-state index >= 15 is 0 Å². The zero-order chi connectivity index (χ0) is 7.28. The summed E-state index contributed by atoms with van der Waals surface area (Å²) in [5.41, 5.74) is 0. The third-order valence-corrected chi connectivity index (χ3v) is 1.01. The molecular formula is C6H11NO3. The van der Waals surface area contributed by atoms with Crippen LogP contribution in [0.3, 0.4) is 0 Å². The molecule has 0 heterocycles. The van der Waals surface area contributed by atoms with Crippen molar-refractivity contribution in [1.82, 2.24) is 0 Å². The molecule has 4 heteroatoms. The van der Waals surface area contributed by atoms with Gasteiger partial charge in [-0.05, 0) is 13.3 Å². The number of hydrogen-bond donors (Lipinski definition) is 1. The molecule has 0 fully saturated rings. The lowest BCUT2D eigenvalue weighted by Gasteiger charge is -1.95. The summed E-state index contributed by atoms with van der Waals surface area (Å²) in [4.78, 5) is 9.91. The van der Waals surface area contributed by atoms with Crippen molar-refractivity contribution in [2.24, 2.45) is 5.92 Å². The Balaban J connectivity index is 0. The van der Waals surface area contributed by atoms with Crippen LogP contribution in [-0.2, 0) is 4.79 Å². The van der Waals surface area contributed by atoms with Gasteiger partial charge in [-0.3, -0.25) is 4.79 Å². The molecule has 0 aromatic carbocycles. The molecule has 3 N–H and O–H groups in total. The maximum atomic E-state index is 9.91. The van der Waals surface area contributed by atoms with E-state index in [2.05, 4.69) is 0 Å². The molecular weight excluding hydrogens is 134 g/mol. The highest BCUT2D eigenvalue weighted by Gasteiger charge is 2.02. The SMILES string of the molecule is CC(C#N)CCC(=O)O.O. The number of carbonyl (C=O) groups is 1. The Morgan fingerprint density at radius 2 is 2.30 bits per heavy atom. The Morgan fingerprint density at radius 3 is 2.60 bits per heavy atom. The van der Waals surface area contributed by atoms with Crippen LogP contribution >= 0.6 is 0 Å². The maximum Gasteiger partial charge on any atom is 0.303 e. The van der Waals surface area contributed by atoms with Crippen LogP contribution in [0, 0.1) is 17.2 Å². The lowest BCUT2D eigenvalue weighted by molar-refractivity contribution is -0.137. The Bertz CT molecular complexity index is 138. The van der Waals surface area contributed by atoms with Gasteiger partial charge in [0.05, 0.1) is 6.07 Å². The standard InChI is InChI=1S/C6H9NO2.H2O/c1-5(4-7)2-3-6(8)9;/h5H,2-3H2,1H3,(H,8,9);1H2. The Kier molecular flexibility index (Phi) is 7.06. The van der Waals surface area contributed by atoms with E-state index in [9.17, 15) is 4.79 Å². The van der Waals surface area contributed by atoms with Crippen molar-refractivity contribution < 1.29 is 15.4 Å². The molecule has 0 rings (SSSR count). The van der Waals surface area contributed by atoms with E-state index < -0.39 is 5.97 Å². The molecule has 1 unspecified atom stereocenters. The van der Waals surface area contributed by atoms with Gasteiger partial charge < -0.3 is 10.6 Å². The van der Waals surface area contributed by atoms with E-state index in [1.54, 1.807) is 6.92 Å². The smallest absolute Gasteiger partial charge is 0.303 e. The predicted molar refractivity (Wildman–Crippen MR) is 35.3 cm³/mol. The Hall–Kier alpha value is -1.08. The van der Waals surface area contributed by atoms with Gasteiger partial charge in [-0.15, -0.1) is 0 Å². The first-order valence-corrected chi connectivity index (χ1v) is 2.78. The van der Waals surface area contributed by atoms with Gasteiger partial charge in [0, 0.05) is 12.3 Å². The zero-order valence-corrected chi connectivity index (χ0v) is 5.79.